The maximum Gasteiger partial charge on any atom is 0.258 e. The minimum absolute atomic E-state index is 0.160. The Morgan fingerprint density at radius 3 is 2.53 bits per heavy atom. The van der Waals surface area contributed by atoms with Gasteiger partial charge in [-0.2, -0.15) is 0 Å². The van der Waals surface area contributed by atoms with Crippen molar-refractivity contribution in [2.75, 3.05) is 32.8 Å². The molecular weight excluding hydrogens is 536 g/mol. The smallest absolute Gasteiger partial charge is 0.258 e. The molecule has 0 aliphatic heterocycles. The van der Waals surface area contributed by atoms with Crippen LogP contribution in [-0.2, 0) is 27.3 Å². The molecule has 1 heterocycles. The molecule has 0 atom stereocenters. The monoisotopic (exact) mass is 586 g/mol. The van der Waals surface area contributed by atoms with Crippen LogP contribution in [0.25, 0.3) is 17.0 Å². The van der Waals surface area contributed by atoms with Gasteiger partial charge in [-0.1, -0.05) is 81.5 Å². The van der Waals surface area contributed by atoms with E-state index in [1.165, 1.54) is 54.1 Å². The molecule has 1 fully saturated rings. The Kier molecular flexibility index (Phi) is 14.0. The van der Waals surface area contributed by atoms with Gasteiger partial charge in [0.1, 0.15) is 5.78 Å². The first kappa shape index (κ1) is 32.6. The lowest BCUT2D eigenvalue weighted by Crippen LogP contribution is -2.36. The van der Waals surface area contributed by atoms with E-state index >= 15 is 0 Å². The normalized spacial score (nSPS) is 14.7. The number of nitrogens with one attached hydrogen (secondary N) is 3. The van der Waals surface area contributed by atoms with E-state index in [1.54, 1.807) is 6.08 Å². The summed E-state index contributed by atoms with van der Waals surface area (Å²) >= 11 is 0. The fourth-order valence-corrected chi connectivity index (χ4v) is 5.82. The minimum atomic E-state index is -0.160. The zero-order chi connectivity index (χ0) is 30.1. The lowest BCUT2D eigenvalue weighted by molar-refractivity contribution is -0.124. The zero-order valence-electron chi connectivity index (χ0n) is 25.9. The summed E-state index contributed by atoms with van der Waals surface area (Å²) in [7, 11) is 0. The predicted molar refractivity (Wildman–Crippen MR) is 175 cm³/mol. The van der Waals surface area contributed by atoms with Crippen LogP contribution in [0.2, 0.25) is 0 Å². The maximum absolute atomic E-state index is 12.8. The van der Waals surface area contributed by atoms with Crippen molar-refractivity contribution in [2.24, 2.45) is 5.92 Å². The van der Waals surface area contributed by atoms with Crippen molar-refractivity contribution in [3.05, 3.63) is 77.5 Å². The molecule has 4 rings (SSSR count). The molecule has 232 valence electrons. The van der Waals surface area contributed by atoms with Crippen molar-refractivity contribution in [1.82, 2.24) is 20.7 Å². The molecule has 43 heavy (non-hydrogen) atoms. The standard InChI is InChI=1S/C36H50N4O3/c1-2-22-38-39-36(42)19-18-29-14-16-30(17-15-29)28-40(23-20-32-27-37-34-13-9-8-12-33(32)34)24-26-43-25-21-35(41)31-10-6-4-3-5-7-11-31/h8-9,12-19,27,31,37-38H,2-7,10-11,20-26,28H2,1H3,(H,39,42)/b19-18+. The van der Waals surface area contributed by atoms with E-state index in [-0.39, 0.29) is 11.8 Å². The average molecular weight is 587 g/mol. The van der Waals surface area contributed by atoms with Crippen molar-refractivity contribution in [2.45, 2.75) is 77.7 Å². The second-order valence-corrected chi connectivity index (χ2v) is 11.7. The first-order chi connectivity index (χ1) is 21.1. The lowest BCUT2D eigenvalue weighted by Gasteiger charge is -2.23. The highest BCUT2D eigenvalue weighted by Crippen LogP contribution is 2.24. The Bertz CT molecular complexity index is 1280. The number of rotatable bonds is 17. The van der Waals surface area contributed by atoms with Gasteiger partial charge in [0.25, 0.3) is 5.91 Å². The van der Waals surface area contributed by atoms with Gasteiger partial charge in [-0.25, -0.2) is 5.43 Å². The van der Waals surface area contributed by atoms with Crippen LogP contribution in [0, 0.1) is 5.92 Å². The molecular formula is C36H50N4O3. The van der Waals surface area contributed by atoms with Crippen LogP contribution in [0.5, 0.6) is 0 Å². The number of hydrogen-bond donors (Lipinski definition) is 3. The highest BCUT2D eigenvalue weighted by molar-refractivity contribution is 5.91. The van der Waals surface area contributed by atoms with E-state index in [4.69, 9.17) is 4.74 Å². The molecule has 3 aromatic rings. The van der Waals surface area contributed by atoms with Gasteiger partial charge in [-0.3, -0.25) is 19.9 Å². The van der Waals surface area contributed by atoms with Crippen LogP contribution in [0.4, 0.5) is 0 Å². The van der Waals surface area contributed by atoms with Crippen LogP contribution in [0.1, 0.15) is 81.4 Å². The Morgan fingerprint density at radius 2 is 1.74 bits per heavy atom. The molecule has 2 aromatic carbocycles. The number of fused-ring (bicyclic) bond motifs is 1. The number of H-pyrrole nitrogens is 1. The van der Waals surface area contributed by atoms with Crippen molar-refractivity contribution in [3.8, 4) is 0 Å². The number of ether oxygens (including phenoxy) is 1. The third-order valence-corrected chi connectivity index (χ3v) is 8.38. The highest BCUT2D eigenvalue weighted by atomic mass is 16.5. The molecule has 1 aliphatic carbocycles. The number of Topliss-reactive ketones (excluding diaryl/α,β-unsaturated/α-hetero) is 1. The Morgan fingerprint density at radius 1 is 0.977 bits per heavy atom. The first-order valence-electron chi connectivity index (χ1n) is 16.3. The van der Waals surface area contributed by atoms with Crippen LogP contribution in [-0.4, -0.2) is 54.4 Å². The summed E-state index contributed by atoms with van der Waals surface area (Å²) in [6.07, 6.45) is 16.2. The number of aromatic nitrogens is 1. The number of para-hydroxylation sites is 1. The van der Waals surface area contributed by atoms with Crippen LogP contribution in [0.15, 0.2) is 60.8 Å². The molecule has 0 spiro atoms. The minimum Gasteiger partial charge on any atom is -0.380 e. The van der Waals surface area contributed by atoms with Gasteiger partial charge < -0.3 is 9.72 Å². The Labute approximate surface area is 257 Å². The summed E-state index contributed by atoms with van der Waals surface area (Å²) < 4.78 is 6.01. The first-order valence-corrected chi connectivity index (χ1v) is 16.3. The quantitative estimate of drug-likeness (QED) is 0.0944. The molecule has 1 aliphatic rings. The Balaban J connectivity index is 1.28. The summed E-state index contributed by atoms with van der Waals surface area (Å²) in [6, 6.07) is 16.8. The lowest BCUT2D eigenvalue weighted by atomic mass is 9.87. The predicted octanol–water partition coefficient (Wildman–Crippen LogP) is 6.59. The van der Waals surface area contributed by atoms with Gasteiger partial charge >= 0.3 is 0 Å². The molecule has 0 bridgehead atoms. The van der Waals surface area contributed by atoms with E-state index in [1.807, 2.05) is 18.2 Å². The largest absolute Gasteiger partial charge is 0.380 e. The topological polar surface area (TPSA) is 86.5 Å². The van der Waals surface area contributed by atoms with Crippen LogP contribution < -0.4 is 10.9 Å². The zero-order valence-corrected chi connectivity index (χ0v) is 25.9. The third kappa shape index (κ3) is 11.4. The molecule has 1 saturated carbocycles. The molecule has 0 saturated heterocycles. The van der Waals surface area contributed by atoms with E-state index in [0.29, 0.717) is 25.4 Å². The van der Waals surface area contributed by atoms with Gasteiger partial charge in [0.15, 0.2) is 0 Å². The molecule has 0 radical (unpaired) electrons. The van der Waals surface area contributed by atoms with Gasteiger partial charge in [0, 0.05) is 61.7 Å². The average Bonchev–Trinajstić information content (AvgIpc) is 3.42. The van der Waals surface area contributed by atoms with E-state index < -0.39 is 0 Å². The molecule has 1 aromatic heterocycles. The summed E-state index contributed by atoms with van der Waals surface area (Å²) in [6.45, 7) is 6.41. The number of nitrogens with zero attached hydrogens (tertiary/aromatic N) is 1. The van der Waals surface area contributed by atoms with Gasteiger partial charge in [0.05, 0.1) is 13.2 Å². The number of hydrogen-bond acceptors (Lipinski definition) is 5. The van der Waals surface area contributed by atoms with Crippen molar-refractivity contribution >= 4 is 28.7 Å². The summed E-state index contributed by atoms with van der Waals surface area (Å²) in [5.41, 5.74) is 10.2. The number of benzene rings is 2. The number of carbonyl (C=O) groups excluding carboxylic acids is 2. The molecule has 0 unspecified atom stereocenters. The summed E-state index contributed by atoms with van der Waals surface area (Å²) in [4.78, 5) is 30.6. The van der Waals surface area contributed by atoms with E-state index in [9.17, 15) is 9.59 Å². The second-order valence-electron chi connectivity index (χ2n) is 11.7. The molecule has 7 heteroatoms. The molecule has 7 nitrogen and oxygen atoms in total. The maximum atomic E-state index is 12.8. The second kappa shape index (κ2) is 18.4. The van der Waals surface area contributed by atoms with Crippen molar-refractivity contribution in [3.63, 3.8) is 0 Å². The van der Waals surface area contributed by atoms with Crippen LogP contribution >= 0.6 is 0 Å². The SMILES string of the molecule is CCCNNC(=O)/C=C/c1ccc(CN(CCOCCC(=O)C2CCCCCCC2)CCc2c[nH]c3ccccc23)cc1. The number of aromatic amines is 1. The number of amides is 1. The van der Waals surface area contributed by atoms with E-state index in [0.717, 1.165) is 57.4 Å². The van der Waals surface area contributed by atoms with E-state index in [2.05, 4.69) is 70.3 Å². The van der Waals surface area contributed by atoms with Crippen LogP contribution in [0.3, 0.4) is 0 Å². The molecule has 3 N–H and O–H groups in total. The number of hydrazine groups is 1. The van der Waals surface area contributed by atoms with Crippen molar-refractivity contribution < 1.29 is 14.3 Å². The molecule has 1 amide bonds. The summed E-state index contributed by atoms with van der Waals surface area (Å²) in [5, 5.41) is 1.27. The summed E-state index contributed by atoms with van der Waals surface area (Å²) in [5.74, 6) is 0.468. The van der Waals surface area contributed by atoms with Gasteiger partial charge in [0.2, 0.25) is 0 Å². The highest BCUT2D eigenvalue weighted by Gasteiger charge is 2.19. The van der Waals surface area contributed by atoms with Crippen molar-refractivity contribution in [1.29, 1.82) is 0 Å². The fraction of sp³-hybridized carbons (Fsp3) is 0.500. The fourth-order valence-electron chi connectivity index (χ4n) is 5.82. The number of carbonyl (C=O) groups is 2. The number of ketones is 1. The van der Waals surface area contributed by atoms with Gasteiger partial charge in [-0.05, 0) is 54.5 Å². The van der Waals surface area contributed by atoms with Gasteiger partial charge in [-0.15, -0.1) is 0 Å². The Hall–Kier alpha value is -3.26. The third-order valence-electron chi connectivity index (χ3n) is 8.38.